The highest BCUT2D eigenvalue weighted by Crippen LogP contribution is 2.33. The molecule has 38 heavy (non-hydrogen) atoms. The summed E-state index contributed by atoms with van der Waals surface area (Å²) in [7, 11) is 1.49. The minimum atomic E-state index is -0.663. The van der Waals surface area contributed by atoms with Gasteiger partial charge in [-0.25, -0.2) is 9.37 Å². The number of ether oxygens (including phenoxy) is 1. The Labute approximate surface area is 216 Å². The maximum atomic E-state index is 14.2. The molecule has 1 unspecified atom stereocenters. The zero-order valence-electron chi connectivity index (χ0n) is 20.5. The van der Waals surface area contributed by atoms with Gasteiger partial charge >= 0.3 is 0 Å². The van der Waals surface area contributed by atoms with E-state index in [1.807, 2.05) is 19.1 Å². The second kappa shape index (κ2) is 9.52. The molecule has 1 aromatic carbocycles. The number of halogens is 1. The van der Waals surface area contributed by atoms with Crippen LogP contribution >= 0.6 is 0 Å². The Morgan fingerprint density at radius 3 is 2.71 bits per heavy atom. The molecular weight excluding hydrogens is 487 g/mol. The van der Waals surface area contributed by atoms with Gasteiger partial charge in [0.05, 0.1) is 53.6 Å². The quantitative estimate of drug-likeness (QED) is 0.222. The van der Waals surface area contributed by atoms with E-state index in [4.69, 9.17) is 9.72 Å². The Balaban J connectivity index is 1.42. The number of nitrogens with zero attached hydrogens (tertiary/aromatic N) is 5. The van der Waals surface area contributed by atoms with Crippen molar-refractivity contribution >= 4 is 27.6 Å². The van der Waals surface area contributed by atoms with E-state index < -0.39 is 12.0 Å². The molecule has 0 saturated heterocycles. The van der Waals surface area contributed by atoms with E-state index in [0.717, 1.165) is 16.5 Å². The van der Waals surface area contributed by atoms with Crippen LogP contribution in [-0.2, 0) is 0 Å². The van der Waals surface area contributed by atoms with Crippen LogP contribution in [0, 0.1) is 5.82 Å². The molecule has 5 aromatic heterocycles. The second-order valence-corrected chi connectivity index (χ2v) is 8.77. The van der Waals surface area contributed by atoms with Crippen molar-refractivity contribution < 1.29 is 14.2 Å². The van der Waals surface area contributed by atoms with E-state index >= 15 is 0 Å². The van der Waals surface area contributed by atoms with Crippen molar-refractivity contribution in [2.75, 3.05) is 12.4 Å². The van der Waals surface area contributed by atoms with E-state index in [9.17, 15) is 9.50 Å². The number of aromatic amines is 2. The maximum Gasteiger partial charge on any atom is 0.159 e. The van der Waals surface area contributed by atoms with Gasteiger partial charge in [-0.05, 0) is 36.2 Å². The number of H-pyrrole nitrogens is 2. The number of hydrogen-bond donors (Lipinski definition) is 4. The fourth-order valence-corrected chi connectivity index (χ4v) is 4.30. The number of imidazole rings is 1. The highest BCUT2D eigenvalue weighted by atomic mass is 19.1. The predicted molar refractivity (Wildman–Crippen MR) is 142 cm³/mol. The third-order valence-electron chi connectivity index (χ3n) is 6.24. The van der Waals surface area contributed by atoms with Gasteiger partial charge in [0, 0.05) is 35.0 Å². The van der Waals surface area contributed by atoms with E-state index in [2.05, 4.69) is 35.5 Å². The van der Waals surface area contributed by atoms with Crippen LogP contribution in [0.3, 0.4) is 0 Å². The first-order valence-electron chi connectivity index (χ1n) is 12.0. The van der Waals surface area contributed by atoms with Gasteiger partial charge < -0.3 is 20.1 Å². The third-order valence-corrected chi connectivity index (χ3v) is 6.24. The van der Waals surface area contributed by atoms with Crippen molar-refractivity contribution in [1.29, 1.82) is 0 Å². The average Bonchev–Trinajstić information content (AvgIpc) is 3.56. The fourth-order valence-electron chi connectivity index (χ4n) is 4.30. The van der Waals surface area contributed by atoms with E-state index in [0.29, 0.717) is 57.2 Å². The zero-order valence-corrected chi connectivity index (χ0v) is 20.5. The molecule has 4 N–H and O–H groups in total. The average molecular weight is 511 g/mol. The molecule has 190 valence electrons. The van der Waals surface area contributed by atoms with Crippen molar-refractivity contribution in [3.05, 3.63) is 67.1 Å². The highest BCUT2D eigenvalue weighted by molar-refractivity contribution is 5.97. The van der Waals surface area contributed by atoms with Gasteiger partial charge in [0.15, 0.2) is 5.82 Å². The number of hydrogen-bond acceptors (Lipinski definition) is 8. The van der Waals surface area contributed by atoms with Gasteiger partial charge in [-0.15, -0.1) is 0 Å². The first kappa shape index (κ1) is 23.5. The molecule has 11 heteroatoms. The Morgan fingerprint density at radius 1 is 1.00 bits per heavy atom. The number of benzene rings is 1. The number of anilines is 1. The SMILES string of the molecule is CCC(O)Nc1cncc(-c2cc3c(-c4nc5c(-c6cc(F)cc(OC)c6)cncc5[nH]4)n[nH]c3cn2)c1. The minimum absolute atomic E-state index is 0.407. The van der Waals surface area contributed by atoms with Crippen molar-refractivity contribution in [2.24, 2.45) is 0 Å². The molecule has 0 aliphatic heterocycles. The van der Waals surface area contributed by atoms with Gasteiger partial charge in [-0.2, -0.15) is 5.10 Å². The Hall–Kier alpha value is -4.90. The first-order chi connectivity index (χ1) is 18.5. The van der Waals surface area contributed by atoms with Crippen LogP contribution in [0.2, 0.25) is 0 Å². The number of aliphatic hydroxyl groups excluding tert-OH is 1. The van der Waals surface area contributed by atoms with Crippen molar-refractivity contribution in [1.82, 2.24) is 35.1 Å². The zero-order chi connectivity index (χ0) is 26.2. The summed E-state index contributed by atoms with van der Waals surface area (Å²) in [5.41, 5.74) is 6.08. The molecular formula is C27H23FN8O2. The number of fused-ring (bicyclic) bond motifs is 2. The number of pyridine rings is 3. The normalized spacial score (nSPS) is 12.2. The Morgan fingerprint density at radius 2 is 1.87 bits per heavy atom. The molecule has 0 saturated carbocycles. The van der Waals surface area contributed by atoms with Crippen molar-refractivity contribution in [3.8, 4) is 39.7 Å². The van der Waals surface area contributed by atoms with Gasteiger partial charge in [0.2, 0.25) is 0 Å². The van der Waals surface area contributed by atoms with Crippen LogP contribution in [0.15, 0.2) is 61.3 Å². The van der Waals surface area contributed by atoms with Crippen LogP contribution in [0.5, 0.6) is 5.75 Å². The molecule has 0 amide bonds. The summed E-state index contributed by atoms with van der Waals surface area (Å²) in [5, 5.41) is 21.2. The number of aliphatic hydroxyl groups is 1. The molecule has 6 aromatic rings. The molecule has 0 spiro atoms. The summed E-state index contributed by atoms with van der Waals surface area (Å²) in [4.78, 5) is 21.3. The lowest BCUT2D eigenvalue weighted by Gasteiger charge is -2.12. The molecule has 0 fully saturated rings. The molecule has 5 heterocycles. The fraction of sp³-hybridized carbons (Fsp3) is 0.148. The molecule has 0 aliphatic rings. The molecule has 10 nitrogen and oxygen atoms in total. The summed E-state index contributed by atoms with van der Waals surface area (Å²) in [5.74, 6) is 0.521. The Bertz CT molecular complexity index is 1780. The molecule has 1 atom stereocenters. The third kappa shape index (κ3) is 4.28. The molecule has 0 radical (unpaired) electrons. The van der Waals surface area contributed by atoms with E-state index in [1.165, 1.54) is 19.2 Å². The minimum Gasteiger partial charge on any atom is -0.497 e. The lowest BCUT2D eigenvalue weighted by molar-refractivity contribution is 0.199. The largest absolute Gasteiger partial charge is 0.497 e. The molecule has 0 bridgehead atoms. The van der Waals surface area contributed by atoms with Gasteiger partial charge in [0.1, 0.15) is 23.5 Å². The lowest BCUT2D eigenvalue weighted by atomic mass is 10.1. The highest BCUT2D eigenvalue weighted by Gasteiger charge is 2.17. The standard InChI is InChI=1S/C27H23FN8O2/c1-3-24(37)32-17-5-15(9-29-10-17)21-8-19-22(13-31-21)35-36-26(19)27-33-23-12-30-11-20(25(23)34-27)14-4-16(28)7-18(6-14)38-2/h4-13,24,32,37H,3H2,1-2H3,(H,33,34)(H,35,36). The van der Waals surface area contributed by atoms with E-state index in [-0.39, 0.29) is 0 Å². The summed E-state index contributed by atoms with van der Waals surface area (Å²) >= 11 is 0. The summed E-state index contributed by atoms with van der Waals surface area (Å²) in [6, 6.07) is 8.28. The number of rotatable bonds is 7. The lowest BCUT2D eigenvalue weighted by Crippen LogP contribution is -2.16. The van der Waals surface area contributed by atoms with Gasteiger partial charge in [-0.1, -0.05) is 6.92 Å². The van der Waals surface area contributed by atoms with Gasteiger partial charge in [-0.3, -0.25) is 20.1 Å². The smallest absolute Gasteiger partial charge is 0.159 e. The molecule has 6 rings (SSSR count). The van der Waals surface area contributed by atoms with Crippen LogP contribution in [0.25, 0.3) is 55.8 Å². The van der Waals surface area contributed by atoms with Gasteiger partial charge in [0.25, 0.3) is 0 Å². The topological polar surface area (TPSA) is 138 Å². The summed E-state index contributed by atoms with van der Waals surface area (Å²) in [6.07, 6.45) is 8.29. The number of methoxy groups -OCH3 is 1. The van der Waals surface area contributed by atoms with E-state index in [1.54, 1.807) is 37.1 Å². The predicted octanol–water partition coefficient (Wildman–Crippen LogP) is 4.91. The van der Waals surface area contributed by atoms with Crippen LogP contribution in [0.4, 0.5) is 10.1 Å². The monoisotopic (exact) mass is 510 g/mol. The van der Waals surface area contributed by atoms with Crippen molar-refractivity contribution in [2.45, 2.75) is 19.6 Å². The van der Waals surface area contributed by atoms with Crippen molar-refractivity contribution in [3.63, 3.8) is 0 Å². The molecule has 0 aliphatic carbocycles. The first-order valence-corrected chi connectivity index (χ1v) is 12.0. The summed E-state index contributed by atoms with van der Waals surface area (Å²) in [6.45, 7) is 1.89. The Kier molecular flexibility index (Phi) is 5.89. The van der Waals surface area contributed by atoms with Crippen LogP contribution < -0.4 is 10.1 Å². The second-order valence-electron chi connectivity index (χ2n) is 8.77. The van der Waals surface area contributed by atoms with Crippen LogP contribution in [0.1, 0.15) is 13.3 Å². The van der Waals surface area contributed by atoms with Crippen LogP contribution in [-0.4, -0.2) is 53.6 Å². The number of aromatic nitrogens is 7. The summed E-state index contributed by atoms with van der Waals surface area (Å²) < 4.78 is 19.4. The maximum absolute atomic E-state index is 14.2. The number of nitrogens with one attached hydrogen (secondary N) is 3.